The summed E-state index contributed by atoms with van der Waals surface area (Å²) in [5, 5.41) is 7.93. The molecule has 1 aliphatic heterocycles. The smallest absolute Gasteiger partial charge is 0.146 e. The first-order valence-electron chi connectivity index (χ1n) is 5.72. The third-order valence-corrected chi connectivity index (χ3v) is 3.25. The van der Waals surface area contributed by atoms with Crippen molar-refractivity contribution in [2.45, 2.75) is 26.3 Å². The minimum absolute atomic E-state index is 0.210. The highest BCUT2D eigenvalue weighted by molar-refractivity contribution is 5.78. The van der Waals surface area contributed by atoms with Gasteiger partial charge in [-0.2, -0.15) is 0 Å². The Balaban J connectivity index is 1.95. The molecule has 1 atom stereocenters. The summed E-state index contributed by atoms with van der Waals surface area (Å²) in [6.45, 7) is 4.40. The summed E-state index contributed by atoms with van der Waals surface area (Å²) in [4.78, 5) is 13.6. The number of carbonyl (C=O) groups excluding carboxylic acids is 1. The van der Waals surface area contributed by atoms with Crippen LogP contribution in [0.25, 0.3) is 0 Å². The third-order valence-electron chi connectivity index (χ3n) is 3.25. The molecule has 1 fully saturated rings. The SMILES string of the molecule is CC(=O)C1CCCN(Cc2nncn2C)C1. The van der Waals surface area contributed by atoms with Crippen molar-refractivity contribution in [3.05, 3.63) is 12.2 Å². The number of Topliss-reactive ketones (excluding diaryl/α,β-unsaturated/α-hetero) is 1. The van der Waals surface area contributed by atoms with E-state index in [1.165, 1.54) is 0 Å². The van der Waals surface area contributed by atoms with Gasteiger partial charge in [0.05, 0.1) is 6.54 Å². The van der Waals surface area contributed by atoms with Crippen LogP contribution in [0.15, 0.2) is 6.33 Å². The maximum atomic E-state index is 11.4. The number of likely N-dealkylation sites (tertiary alicyclic amines) is 1. The molecule has 2 heterocycles. The summed E-state index contributed by atoms with van der Waals surface area (Å²) in [7, 11) is 1.95. The number of rotatable bonds is 3. The lowest BCUT2D eigenvalue weighted by Gasteiger charge is -2.30. The highest BCUT2D eigenvalue weighted by atomic mass is 16.1. The quantitative estimate of drug-likeness (QED) is 0.752. The maximum absolute atomic E-state index is 11.4. The highest BCUT2D eigenvalue weighted by Crippen LogP contribution is 2.18. The summed E-state index contributed by atoms with van der Waals surface area (Å²) in [6.07, 6.45) is 3.84. The molecule has 1 aromatic heterocycles. The molecule has 0 bridgehead atoms. The second-order valence-corrected chi connectivity index (χ2v) is 4.54. The fourth-order valence-corrected chi connectivity index (χ4v) is 2.18. The molecule has 0 amide bonds. The Morgan fingerprint density at radius 1 is 1.62 bits per heavy atom. The van der Waals surface area contributed by atoms with Gasteiger partial charge in [0.2, 0.25) is 0 Å². The van der Waals surface area contributed by atoms with Crippen molar-refractivity contribution >= 4 is 5.78 Å². The fraction of sp³-hybridized carbons (Fsp3) is 0.727. The molecule has 16 heavy (non-hydrogen) atoms. The molecule has 5 heteroatoms. The Hall–Kier alpha value is -1.23. The molecule has 0 aromatic carbocycles. The van der Waals surface area contributed by atoms with Gasteiger partial charge in [0.1, 0.15) is 17.9 Å². The van der Waals surface area contributed by atoms with Gasteiger partial charge in [0, 0.05) is 19.5 Å². The van der Waals surface area contributed by atoms with E-state index >= 15 is 0 Å². The molecule has 0 N–H and O–H groups in total. The van der Waals surface area contributed by atoms with Gasteiger partial charge in [-0.1, -0.05) is 0 Å². The summed E-state index contributed by atoms with van der Waals surface area (Å²) in [5.41, 5.74) is 0. The van der Waals surface area contributed by atoms with Crippen LogP contribution in [0.5, 0.6) is 0 Å². The van der Waals surface area contributed by atoms with Gasteiger partial charge in [0.15, 0.2) is 0 Å². The molecule has 1 aromatic rings. The lowest BCUT2D eigenvalue weighted by Crippen LogP contribution is -2.38. The Bertz CT molecular complexity index is 374. The molecule has 5 nitrogen and oxygen atoms in total. The van der Waals surface area contributed by atoms with Gasteiger partial charge < -0.3 is 4.57 Å². The minimum Gasteiger partial charge on any atom is -0.320 e. The second-order valence-electron chi connectivity index (χ2n) is 4.54. The Morgan fingerprint density at radius 2 is 2.44 bits per heavy atom. The molecule has 1 saturated heterocycles. The first kappa shape index (κ1) is 11.3. The van der Waals surface area contributed by atoms with E-state index in [9.17, 15) is 4.79 Å². The molecule has 0 spiro atoms. The number of hydrogen-bond donors (Lipinski definition) is 0. The van der Waals surface area contributed by atoms with Gasteiger partial charge in [-0.3, -0.25) is 9.69 Å². The highest BCUT2D eigenvalue weighted by Gasteiger charge is 2.23. The van der Waals surface area contributed by atoms with Crippen molar-refractivity contribution < 1.29 is 4.79 Å². The lowest BCUT2D eigenvalue weighted by atomic mass is 9.95. The zero-order valence-electron chi connectivity index (χ0n) is 9.89. The van der Waals surface area contributed by atoms with Crippen LogP contribution in [0.1, 0.15) is 25.6 Å². The number of nitrogens with zero attached hydrogens (tertiary/aromatic N) is 4. The van der Waals surface area contributed by atoms with Crippen LogP contribution in [-0.2, 0) is 18.4 Å². The van der Waals surface area contributed by atoms with Crippen molar-refractivity contribution in [2.75, 3.05) is 13.1 Å². The predicted octanol–water partition coefficient (Wildman–Crippen LogP) is 0.616. The van der Waals surface area contributed by atoms with E-state index in [4.69, 9.17) is 0 Å². The molecule has 0 saturated carbocycles. The van der Waals surface area contributed by atoms with E-state index < -0.39 is 0 Å². The minimum atomic E-state index is 0.210. The van der Waals surface area contributed by atoms with Crippen molar-refractivity contribution in [3.8, 4) is 0 Å². The van der Waals surface area contributed by atoms with E-state index in [2.05, 4.69) is 15.1 Å². The van der Waals surface area contributed by atoms with E-state index in [1.807, 2.05) is 11.6 Å². The van der Waals surface area contributed by atoms with Gasteiger partial charge in [-0.25, -0.2) is 0 Å². The Labute approximate surface area is 95.5 Å². The molecule has 1 unspecified atom stereocenters. The first-order valence-corrected chi connectivity index (χ1v) is 5.72. The van der Waals surface area contributed by atoms with Crippen LogP contribution in [0, 0.1) is 5.92 Å². The third kappa shape index (κ3) is 2.47. The molecule has 88 valence electrons. The van der Waals surface area contributed by atoms with Crippen LogP contribution >= 0.6 is 0 Å². The standard InChI is InChI=1S/C11H18N4O/c1-9(16)10-4-3-5-15(6-10)7-11-13-12-8-14(11)2/h8,10H,3-7H2,1-2H3. The zero-order valence-corrected chi connectivity index (χ0v) is 9.89. The number of carbonyl (C=O) groups is 1. The number of hydrogen-bond acceptors (Lipinski definition) is 4. The van der Waals surface area contributed by atoms with E-state index in [0.717, 1.165) is 38.3 Å². The second kappa shape index (κ2) is 4.74. The molecule has 2 rings (SSSR count). The summed E-state index contributed by atoms with van der Waals surface area (Å²) in [5.74, 6) is 1.48. The van der Waals surface area contributed by atoms with Crippen LogP contribution in [0.2, 0.25) is 0 Å². The lowest BCUT2D eigenvalue weighted by molar-refractivity contribution is -0.122. The number of aromatic nitrogens is 3. The molecular formula is C11H18N4O. The Morgan fingerprint density at radius 3 is 3.06 bits per heavy atom. The first-order chi connectivity index (χ1) is 7.66. The van der Waals surface area contributed by atoms with E-state index in [1.54, 1.807) is 13.3 Å². The number of piperidine rings is 1. The number of ketones is 1. The normalized spacial score (nSPS) is 22.2. The van der Waals surface area contributed by atoms with Crippen molar-refractivity contribution in [2.24, 2.45) is 13.0 Å². The summed E-state index contributed by atoms with van der Waals surface area (Å²) >= 11 is 0. The summed E-state index contributed by atoms with van der Waals surface area (Å²) < 4.78 is 1.93. The van der Waals surface area contributed by atoms with Gasteiger partial charge >= 0.3 is 0 Å². The van der Waals surface area contributed by atoms with E-state index in [-0.39, 0.29) is 5.92 Å². The van der Waals surface area contributed by atoms with Crippen molar-refractivity contribution in [3.63, 3.8) is 0 Å². The molecule has 0 aliphatic carbocycles. The van der Waals surface area contributed by atoms with E-state index in [0.29, 0.717) is 5.78 Å². The predicted molar refractivity (Wildman–Crippen MR) is 59.7 cm³/mol. The maximum Gasteiger partial charge on any atom is 0.146 e. The fourth-order valence-electron chi connectivity index (χ4n) is 2.18. The Kier molecular flexibility index (Phi) is 3.33. The average molecular weight is 222 g/mol. The van der Waals surface area contributed by atoms with Crippen molar-refractivity contribution in [1.82, 2.24) is 19.7 Å². The summed E-state index contributed by atoms with van der Waals surface area (Å²) in [6, 6.07) is 0. The zero-order chi connectivity index (χ0) is 11.5. The van der Waals surface area contributed by atoms with Gasteiger partial charge in [-0.05, 0) is 26.3 Å². The average Bonchev–Trinajstić information content (AvgIpc) is 2.65. The van der Waals surface area contributed by atoms with Crippen LogP contribution in [0.4, 0.5) is 0 Å². The molecular weight excluding hydrogens is 204 g/mol. The molecule has 0 radical (unpaired) electrons. The van der Waals surface area contributed by atoms with Gasteiger partial charge in [0.25, 0.3) is 0 Å². The van der Waals surface area contributed by atoms with Crippen LogP contribution in [-0.4, -0.2) is 38.5 Å². The van der Waals surface area contributed by atoms with Crippen LogP contribution < -0.4 is 0 Å². The topological polar surface area (TPSA) is 51.0 Å². The molecule has 1 aliphatic rings. The van der Waals surface area contributed by atoms with Crippen LogP contribution in [0.3, 0.4) is 0 Å². The van der Waals surface area contributed by atoms with Crippen molar-refractivity contribution in [1.29, 1.82) is 0 Å². The van der Waals surface area contributed by atoms with Gasteiger partial charge in [-0.15, -0.1) is 10.2 Å². The largest absolute Gasteiger partial charge is 0.320 e. The number of aryl methyl sites for hydroxylation is 1. The monoisotopic (exact) mass is 222 g/mol.